The van der Waals surface area contributed by atoms with Crippen molar-refractivity contribution in [3.05, 3.63) is 109 Å². The zero-order chi connectivity index (χ0) is 21.7. The van der Waals surface area contributed by atoms with E-state index in [1.165, 1.54) is 30.5 Å². The number of rotatable bonds is 7. The van der Waals surface area contributed by atoms with E-state index in [-0.39, 0.29) is 17.3 Å². The topological polar surface area (TPSA) is 88.4 Å². The number of hydrogen-bond acceptors (Lipinski definition) is 4. The first-order valence-corrected chi connectivity index (χ1v) is 11.1. The Labute approximate surface area is 180 Å². The maximum atomic E-state index is 12.5. The Hall–Kier alpha value is -3.68. The van der Waals surface area contributed by atoms with Crippen molar-refractivity contribution in [1.29, 1.82) is 0 Å². The molecule has 0 unspecified atom stereocenters. The third-order valence-electron chi connectivity index (χ3n) is 4.69. The van der Waals surface area contributed by atoms with Gasteiger partial charge in [0.1, 0.15) is 5.76 Å². The van der Waals surface area contributed by atoms with Crippen LogP contribution in [-0.4, -0.2) is 14.3 Å². The van der Waals surface area contributed by atoms with E-state index < -0.39 is 10.0 Å². The molecule has 0 bridgehead atoms. The molecule has 2 N–H and O–H groups in total. The van der Waals surface area contributed by atoms with Crippen molar-refractivity contribution in [2.75, 3.05) is 5.32 Å². The molecule has 4 rings (SSSR count). The first-order valence-electron chi connectivity index (χ1n) is 9.60. The van der Waals surface area contributed by atoms with Gasteiger partial charge in [0.2, 0.25) is 10.0 Å². The molecule has 3 aromatic carbocycles. The highest BCUT2D eigenvalue weighted by molar-refractivity contribution is 7.89. The zero-order valence-electron chi connectivity index (χ0n) is 16.5. The van der Waals surface area contributed by atoms with E-state index in [0.29, 0.717) is 17.0 Å². The summed E-state index contributed by atoms with van der Waals surface area (Å²) in [6.45, 7) is 0.0521. The standard InChI is InChI=1S/C24H20N2O4S/c27-24(26-21-12-8-19(9-13-21)18-5-2-1-3-6-18)20-10-14-23(15-11-20)31(28,29)25-17-22-7-4-16-30-22/h1-16,25H,17H2,(H,26,27). The van der Waals surface area contributed by atoms with Gasteiger partial charge in [0, 0.05) is 11.3 Å². The minimum atomic E-state index is -3.71. The van der Waals surface area contributed by atoms with Crippen LogP contribution in [0.4, 0.5) is 5.69 Å². The van der Waals surface area contributed by atoms with Gasteiger partial charge >= 0.3 is 0 Å². The average molecular weight is 433 g/mol. The maximum Gasteiger partial charge on any atom is 0.255 e. The van der Waals surface area contributed by atoms with Crippen molar-refractivity contribution >= 4 is 21.6 Å². The Balaban J connectivity index is 1.40. The van der Waals surface area contributed by atoms with Crippen LogP contribution in [0.15, 0.2) is 107 Å². The number of amides is 1. The summed E-state index contributed by atoms with van der Waals surface area (Å²) >= 11 is 0. The van der Waals surface area contributed by atoms with Crippen molar-refractivity contribution < 1.29 is 17.6 Å². The average Bonchev–Trinajstić information content (AvgIpc) is 3.33. The van der Waals surface area contributed by atoms with Crippen LogP contribution in [0, 0.1) is 0 Å². The van der Waals surface area contributed by atoms with Crippen molar-refractivity contribution in [2.45, 2.75) is 11.4 Å². The molecule has 0 radical (unpaired) electrons. The Bertz CT molecular complexity index is 1250. The molecule has 6 nitrogen and oxygen atoms in total. The Morgan fingerprint density at radius 3 is 2.10 bits per heavy atom. The number of anilines is 1. The van der Waals surface area contributed by atoms with Crippen LogP contribution in [0.1, 0.15) is 16.1 Å². The minimum absolute atomic E-state index is 0.0521. The van der Waals surface area contributed by atoms with E-state index in [1.54, 1.807) is 12.1 Å². The van der Waals surface area contributed by atoms with Gasteiger partial charge in [0.15, 0.2) is 0 Å². The minimum Gasteiger partial charge on any atom is -0.468 e. The van der Waals surface area contributed by atoms with Crippen LogP contribution >= 0.6 is 0 Å². The van der Waals surface area contributed by atoms with Gasteiger partial charge in [-0.05, 0) is 59.7 Å². The number of carbonyl (C=O) groups excluding carboxylic acids is 1. The predicted octanol–water partition coefficient (Wildman–Crippen LogP) is 4.68. The Kier molecular flexibility index (Phi) is 5.97. The van der Waals surface area contributed by atoms with Gasteiger partial charge in [0.25, 0.3) is 5.91 Å². The smallest absolute Gasteiger partial charge is 0.255 e. The molecule has 1 aromatic heterocycles. The van der Waals surface area contributed by atoms with Gasteiger partial charge in [-0.3, -0.25) is 4.79 Å². The van der Waals surface area contributed by atoms with Gasteiger partial charge in [-0.2, -0.15) is 0 Å². The third-order valence-corrected chi connectivity index (χ3v) is 6.11. The molecule has 0 aliphatic heterocycles. The fraction of sp³-hybridized carbons (Fsp3) is 0.0417. The monoisotopic (exact) mass is 432 g/mol. The Morgan fingerprint density at radius 2 is 1.45 bits per heavy atom. The summed E-state index contributed by atoms with van der Waals surface area (Å²) in [7, 11) is -3.71. The van der Waals surface area contributed by atoms with E-state index in [2.05, 4.69) is 10.0 Å². The van der Waals surface area contributed by atoms with E-state index in [1.807, 2.05) is 54.6 Å². The lowest BCUT2D eigenvalue weighted by atomic mass is 10.1. The van der Waals surface area contributed by atoms with Crippen molar-refractivity contribution in [3.63, 3.8) is 0 Å². The van der Waals surface area contributed by atoms with E-state index >= 15 is 0 Å². The van der Waals surface area contributed by atoms with Crippen LogP contribution < -0.4 is 10.0 Å². The second-order valence-electron chi connectivity index (χ2n) is 6.83. The second kappa shape index (κ2) is 8.99. The molecule has 0 aliphatic rings. The molecule has 1 heterocycles. The fourth-order valence-electron chi connectivity index (χ4n) is 3.03. The summed E-state index contributed by atoms with van der Waals surface area (Å²) in [4.78, 5) is 12.6. The summed E-state index contributed by atoms with van der Waals surface area (Å²) in [5, 5.41) is 2.82. The molecule has 0 aliphatic carbocycles. The number of hydrogen-bond donors (Lipinski definition) is 2. The first kappa shape index (κ1) is 20.6. The molecule has 4 aromatic rings. The van der Waals surface area contributed by atoms with Gasteiger partial charge in [-0.1, -0.05) is 42.5 Å². The molecule has 1 amide bonds. The SMILES string of the molecule is O=C(Nc1ccc(-c2ccccc2)cc1)c1ccc(S(=O)(=O)NCc2ccco2)cc1. The zero-order valence-corrected chi connectivity index (χ0v) is 17.3. The summed E-state index contributed by atoms with van der Waals surface area (Å²) in [6, 6.07) is 26.6. The molecule has 0 saturated carbocycles. The number of furan rings is 1. The van der Waals surface area contributed by atoms with Gasteiger partial charge < -0.3 is 9.73 Å². The number of benzene rings is 3. The summed E-state index contributed by atoms with van der Waals surface area (Å²) in [5.74, 6) is 0.192. The predicted molar refractivity (Wildman–Crippen MR) is 119 cm³/mol. The largest absolute Gasteiger partial charge is 0.468 e. The first-order chi connectivity index (χ1) is 15.0. The van der Waals surface area contributed by atoms with E-state index in [4.69, 9.17) is 4.42 Å². The number of sulfonamides is 1. The normalized spacial score (nSPS) is 11.2. The molecule has 156 valence electrons. The van der Waals surface area contributed by atoms with Crippen LogP contribution in [0.25, 0.3) is 11.1 Å². The highest BCUT2D eigenvalue weighted by atomic mass is 32.2. The Morgan fingerprint density at radius 1 is 0.774 bits per heavy atom. The molecule has 0 saturated heterocycles. The quantitative estimate of drug-likeness (QED) is 0.444. The third kappa shape index (κ3) is 5.09. The molecule has 0 fully saturated rings. The lowest BCUT2D eigenvalue weighted by molar-refractivity contribution is 0.102. The van der Waals surface area contributed by atoms with Crippen molar-refractivity contribution in [3.8, 4) is 11.1 Å². The molecular weight excluding hydrogens is 412 g/mol. The van der Waals surface area contributed by atoms with E-state index in [9.17, 15) is 13.2 Å². The summed E-state index contributed by atoms with van der Waals surface area (Å²) in [5.41, 5.74) is 3.16. The van der Waals surface area contributed by atoms with Crippen molar-refractivity contribution in [2.24, 2.45) is 0 Å². The van der Waals surface area contributed by atoms with Gasteiger partial charge in [-0.15, -0.1) is 0 Å². The molecule has 31 heavy (non-hydrogen) atoms. The van der Waals surface area contributed by atoms with Crippen molar-refractivity contribution in [1.82, 2.24) is 4.72 Å². The maximum absolute atomic E-state index is 12.5. The summed E-state index contributed by atoms with van der Waals surface area (Å²) in [6.07, 6.45) is 1.48. The van der Waals surface area contributed by atoms with Crippen LogP contribution in [0.2, 0.25) is 0 Å². The fourth-order valence-corrected chi connectivity index (χ4v) is 4.02. The lowest BCUT2D eigenvalue weighted by Gasteiger charge is -2.09. The molecular formula is C24H20N2O4S. The van der Waals surface area contributed by atoms with Crippen LogP contribution in [0.5, 0.6) is 0 Å². The van der Waals surface area contributed by atoms with Gasteiger partial charge in [0.05, 0.1) is 17.7 Å². The molecule has 0 spiro atoms. The van der Waals surface area contributed by atoms with Crippen LogP contribution in [0.3, 0.4) is 0 Å². The van der Waals surface area contributed by atoms with Crippen LogP contribution in [-0.2, 0) is 16.6 Å². The highest BCUT2D eigenvalue weighted by Crippen LogP contribution is 2.21. The van der Waals surface area contributed by atoms with E-state index in [0.717, 1.165) is 11.1 Å². The number of nitrogens with one attached hydrogen (secondary N) is 2. The lowest BCUT2D eigenvalue weighted by Crippen LogP contribution is -2.23. The van der Waals surface area contributed by atoms with Gasteiger partial charge in [-0.25, -0.2) is 13.1 Å². The second-order valence-corrected chi connectivity index (χ2v) is 8.59. The molecule has 0 atom stereocenters. The summed E-state index contributed by atoms with van der Waals surface area (Å²) < 4.78 is 32.4. The highest BCUT2D eigenvalue weighted by Gasteiger charge is 2.15. The molecule has 7 heteroatoms. The number of carbonyl (C=O) groups is 1.